The zero-order valence-electron chi connectivity index (χ0n) is 9.48. The van der Waals surface area contributed by atoms with Gasteiger partial charge in [0, 0.05) is 23.4 Å². The van der Waals surface area contributed by atoms with Crippen LogP contribution in [0.3, 0.4) is 0 Å². The Morgan fingerprint density at radius 2 is 2.18 bits per heavy atom. The van der Waals surface area contributed by atoms with Crippen molar-refractivity contribution < 1.29 is 4.79 Å². The van der Waals surface area contributed by atoms with Crippen LogP contribution in [0.4, 0.5) is 5.69 Å². The quantitative estimate of drug-likeness (QED) is 0.849. The molecule has 4 heteroatoms. The summed E-state index contributed by atoms with van der Waals surface area (Å²) in [6.07, 6.45) is 1.71. The molecular formula is C13H13ClN2O. The molecule has 0 bridgehead atoms. The molecule has 0 radical (unpaired) electrons. The van der Waals surface area contributed by atoms with Gasteiger partial charge in [0.2, 0.25) is 5.91 Å². The molecule has 0 aliphatic carbocycles. The molecule has 3 nitrogen and oxygen atoms in total. The predicted octanol–water partition coefficient (Wildman–Crippen LogP) is 3.05. The topological polar surface area (TPSA) is 42.0 Å². The summed E-state index contributed by atoms with van der Waals surface area (Å²) in [4.78, 5) is 16.0. The van der Waals surface area contributed by atoms with Gasteiger partial charge < -0.3 is 5.32 Å². The Balaban J connectivity index is 2.33. The average Bonchev–Trinajstić information content (AvgIpc) is 2.38. The average molecular weight is 249 g/mol. The van der Waals surface area contributed by atoms with Crippen LogP contribution in [-0.4, -0.2) is 16.8 Å². The van der Waals surface area contributed by atoms with Gasteiger partial charge in [0.05, 0.1) is 11.2 Å². The van der Waals surface area contributed by atoms with E-state index in [1.54, 1.807) is 13.1 Å². The molecule has 88 valence electrons. The maximum Gasteiger partial charge on any atom is 0.228 e. The van der Waals surface area contributed by atoms with Gasteiger partial charge in [0.25, 0.3) is 0 Å². The number of pyridine rings is 1. The van der Waals surface area contributed by atoms with Crippen LogP contribution in [-0.2, 0) is 4.79 Å². The highest BCUT2D eigenvalue weighted by atomic mass is 35.5. The first-order chi connectivity index (χ1) is 8.22. The van der Waals surface area contributed by atoms with E-state index in [9.17, 15) is 4.79 Å². The number of benzene rings is 1. The largest absolute Gasteiger partial charge is 0.324 e. The number of carbonyl (C=O) groups excluding carboxylic acids is 1. The molecule has 2 rings (SSSR count). The van der Waals surface area contributed by atoms with Crippen molar-refractivity contribution in [2.24, 2.45) is 5.92 Å². The van der Waals surface area contributed by atoms with Crippen LogP contribution in [0, 0.1) is 5.92 Å². The number of rotatable bonds is 3. The minimum absolute atomic E-state index is 0.0850. The van der Waals surface area contributed by atoms with E-state index in [1.807, 2.05) is 30.3 Å². The number of para-hydroxylation sites is 1. The Hall–Kier alpha value is -1.61. The van der Waals surface area contributed by atoms with E-state index >= 15 is 0 Å². The Kier molecular flexibility index (Phi) is 3.59. The molecular weight excluding hydrogens is 236 g/mol. The van der Waals surface area contributed by atoms with Gasteiger partial charge in [-0.25, -0.2) is 0 Å². The highest BCUT2D eigenvalue weighted by molar-refractivity contribution is 6.19. The zero-order valence-corrected chi connectivity index (χ0v) is 10.2. The summed E-state index contributed by atoms with van der Waals surface area (Å²) < 4.78 is 0. The van der Waals surface area contributed by atoms with Gasteiger partial charge >= 0.3 is 0 Å². The highest BCUT2D eigenvalue weighted by Gasteiger charge is 2.12. The fourth-order valence-electron chi connectivity index (χ4n) is 1.53. The second-order valence-electron chi connectivity index (χ2n) is 3.93. The van der Waals surface area contributed by atoms with Crippen molar-refractivity contribution in [1.29, 1.82) is 0 Å². The Labute approximate surface area is 105 Å². The molecule has 2 aromatic rings. The van der Waals surface area contributed by atoms with E-state index in [4.69, 9.17) is 11.6 Å². The first-order valence-corrected chi connectivity index (χ1v) is 5.96. The molecule has 0 fully saturated rings. The van der Waals surface area contributed by atoms with Crippen molar-refractivity contribution in [2.75, 3.05) is 11.2 Å². The van der Waals surface area contributed by atoms with E-state index in [-0.39, 0.29) is 11.8 Å². The van der Waals surface area contributed by atoms with Crippen molar-refractivity contribution in [3.05, 3.63) is 36.5 Å². The van der Waals surface area contributed by atoms with Gasteiger partial charge in [-0.1, -0.05) is 25.1 Å². The number of nitrogens with zero attached hydrogens (tertiary/aromatic N) is 1. The van der Waals surface area contributed by atoms with Crippen LogP contribution in [0.15, 0.2) is 36.5 Å². The smallest absolute Gasteiger partial charge is 0.228 e. The molecule has 1 unspecified atom stereocenters. The van der Waals surface area contributed by atoms with Crippen molar-refractivity contribution in [3.63, 3.8) is 0 Å². The van der Waals surface area contributed by atoms with Crippen LogP contribution >= 0.6 is 11.6 Å². The van der Waals surface area contributed by atoms with Crippen LogP contribution < -0.4 is 5.32 Å². The third-order valence-corrected chi connectivity index (χ3v) is 3.03. The number of amides is 1. The van der Waals surface area contributed by atoms with Crippen LogP contribution in [0.2, 0.25) is 0 Å². The summed E-state index contributed by atoms with van der Waals surface area (Å²) in [5.74, 6) is 0.0121. The van der Waals surface area contributed by atoms with Gasteiger partial charge in [0.15, 0.2) is 0 Å². The second kappa shape index (κ2) is 5.15. The summed E-state index contributed by atoms with van der Waals surface area (Å²) in [7, 11) is 0. The van der Waals surface area contributed by atoms with E-state index < -0.39 is 0 Å². The van der Waals surface area contributed by atoms with Gasteiger partial charge in [-0.2, -0.15) is 0 Å². The molecule has 0 aliphatic heterocycles. The lowest BCUT2D eigenvalue weighted by Gasteiger charge is -2.10. The fraction of sp³-hybridized carbons (Fsp3) is 0.231. The van der Waals surface area contributed by atoms with Crippen LogP contribution in [0.25, 0.3) is 10.9 Å². The predicted molar refractivity (Wildman–Crippen MR) is 70.3 cm³/mol. The maximum atomic E-state index is 11.8. The number of hydrogen-bond donors (Lipinski definition) is 1. The van der Waals surface area contributed by atoms with Crippen molar-refractivity contribution in [3.8, 4) is 0 Å². The number of anilines is 1. The number of alkyl halides is 1. The Bertz CT molecular complexity index is 536. The summed E-state index contributed by atoms with van der Waals surface area (Å²) in [5.41, 5.74) is 1.52. The third-order valence-electron chi connectivity index (χ3n) is 2.57. The molecule has 0 saturated heterocycles. The summed E-state index contributed by atoms with van der Waals surface area (Å²) >= 11 is 5.65. The first-order valence-electron chi connectivity index (χ1n) is 5.43. The number of aromatic nitrogens is 1. The molecule has 0 spiro atoms. The van der Waals surface area contributed by atoms with Crippen molar-refractivity contribution in [2.45, 2.75) is 6.92 Å². The lowest BCUT2D eigenvalue weighted by atomic mass is 10.1. The standard InChI is InChI=1S/C13H13ClN2O/c1-9(8-14)13(17)16-11-6-2-4-10-5-3-7-15-12(10)11/h2-7,9H,8H2,1H3,(H,16,17). The molecule has 1 heterocycles. The minimum Gasteiger partial charge on any atom is -0.324 e. The number of nitrogens with one attached hydrogen (secondary N) is 1. The molecule has 1 aromatic heterocycles. The SMILES string of the molecule is CC(CCl)C(=O)Nc1cccc2cccnc12. The van der Waals surface area contributed by atoms with Gasteiger partial charge in [0.1, 0.15) is 0 Å². The highest BCUT2D eigenvalue weighted by Crippen LogP contribution is 2.21. The maximum absolute atomic E-state index is 11.8. The molecule has 1 N–H and O–H groups in total. The Morgan fingerprint density at radius 3 is 2.94 bits per heavy atom. The van der Waals surface area contributed by atoms with E-state index in [1.165, 1.54) is 0 Å². The zero-order chi connectivity index (χ0) is 12.3. The first kappa shape index (κ1) is 11.9. The Morgan fingerprint density at radius 1 is 1.41 bits per heavy atom. The fourth-order valence-corrected chi connectivity index (χ4v) is 1.67. The molecule has 1 aromatic carbocycles. The normalized spacial score (nSPS) is 12.4. The molecule has 1 atom stereocenters. The van der Waals surface area contributed by atoms with Gasteiger partial charge in [-0.15, -0.1) is 11.6 Å². The van der Waals surface area contributed by atoms with Crippen LogP contribution in [0.1, 0.15) is 6.92 Å². The molecule has 0 saturated carbocycles. The van der Waals surface area contributed by atoms with E-state index in [0.29, 0.717) is 5.88 Å². The van der Waals surface area contributed by atoms with E-state index in [2.05, 4.69) is 10.3 Å². The molecule has 17 heavy (non-hydrogen) atoms. The summed E-state index contributed by atoms with van der Waals surface area (Å²) in [5, 5.41) is 3.85. The van der Waals surface area contributed by atoms with Crippen LogP contribution in [0.5, 0.6) is 0 Å². The van der Waals surface area contributed by atoms with E-state index in [0.717, 1.165) is 16.6 Å². The summed E-state index contributed by atoms with van der Waals surface area (Å²) in [6.45, 7) is 1.79. The monoisotopic (exact) mass is 248 g/mol. The number of halogens is 1. The second-order valence-corrected chi connectivity index (χ2v) is 4.23. The minimum atomic E-state index is -0.212. The van der Waals surface area contributed by atoms with Gasteiger partial charge in [-0.3, -0.25) is 9.78 Å². The van der Waals surface area contributed by atoms with Crippen molar-refractivity contribution >= 4 is 34.1 Å². The number of fused-ring (bicyclic) bond motifs is 1. The lowest BCUT2D eigenvalue weighted by molar-refractivity contribution is -0.118. The van der Waals surface area contributed by atoms with Gasteiger partial charge in [-0.05, 0) is 12.1 Å². The van der Waals surface area contributed by atoms with Crippen molar-refractivity contribution in [1.82, 2.24) is 4.98 Å². The molecule has 1 amide bonds. The molecule has 0 aliphatic rings. The third kappa shape index (κ3) is 2.56. The number of carbonyl (C=O) groups is 1. The lowest BCUT2D eigenvalue weighted by Crippen LogP contribution is -2.21. The summed E-state index contributed by atoms with van der Waals surface area (Å²) in [6, 6.07) is 9.53. The number of hydrogen-bond acceptors (Lipinski definition) is 2.